The zero-order valence-electron chi connectivity index (χ0n) is 12.2. The van der Waals surface area contributed by atoms with Crippen LogP contribution in [0.1, 0.15) is 13.3 Å². The third-order valence-corrected chi connectivity index (χ3v) is 3.35. The Hall–Kier alpha value is -2.08. The van der Waals surface area contributed by atoms with Gasteiger partial charge in [-0.1, -0.05) is 19.1 Å². The van der Waals surface area contributed by atoms with Gasteiger partial charge in [0.25, 0.3) is 5.56 Å². The summed E-state index contributed by atoms with van der Waals surface area (Å²) < 4.78 is 7.67. The van der Waals surface area contributed by atoms with Crippen molar-refractivity contribution in [2.24, 2.45) is 0 Å². The number of rotatable bonds is 6. The van der Waals surface area contributed by atoms with Gasteiger partial charge in [0.1, 0.15) is 12.3 Å². The van der Waals surface area contributed by atoms with E-state index in [1.54, 1.807) is 24.4 Å². The van der Waals surface area contributed by atoms with Gasteiger partial charge >= 0.3 is 0 Å². The molecular weight excluding hydrogens is 348 g/mol. The van der Waals surface area contributed by atoms with Gasteiger partial charge in [-0.2, -0.15) is 0 Å². The molecule has 1 aromatic heterocycles. The molecule has 0 radical (unpaired) electrons. The Kier molecular flexibility index (Phi) is 5.77. The number of carbonyl (C=O) groups is 1. The van der Waals surface area contributed by atoms with Crippen molar-refractivity contribution in [1.29, 1.82) is 0 Å². The van der Waals surface area contributed by atoms with E-state index < -0.39 is 0 Å². The highest BCUT2D eigenvalue weighted by Crippen LogP contribution is 2.23. The molecular formula is C16H17BrN2O3. The Morgan fingerprint density at radius 3 is 2.82 bits per heavy atom. The van der Waals surface area contributed by atoms with E-state index >= 15 is 0 Å². The van der Waals surface area contributed by atoms with Crippen LogP contribution in [0, 0.1) is 0 Å². The average molecular weight is 365 g/mol. The van der Waals surface area contributed by atoms with Crippen molar-refractivity contribution in [3.8, 4) is 5.75 Å². The number of benzene rings is 1. The van der Waals surface area contributed by atoms with E-state index in [-0.39, 0.29) is 18.0 Å². The van der Waals surface area contributed by atoms with Gasteiger partial charge in [-0.25, -0.2) is 0 Å². The second-order valence-electron chi connectivity index (χ2n) is 4.71. The molecule has 6 heteroatoms. The van der Waals surface area contributed by atoms with E-state index in [1.165, 1.54) is 10.6 Å². The van der Waals surface area contributed by atoms with E-state index in [0.29, 0.717) is 18.0 Å². The fourth-order valence-electron chi connectivity index (χ4n) is 1.88. The van der Waals surface area contributed by atoms with Crippen molar-refractivity contribution >= 4 is 27.5 Å². The molecule has 0 atom stereocenters. The van der Waals surface area contributed by atoms with Gasteiger partial charge in [-0.3, -0.25) is 9.59 Å². The molecule has 2 aromatic rings. The summed E-state index contributed by atoms with van der Waals surface area (Å²) in [7, 11) is 0. The van der Waals surface area contributed by atoms with Crippen molar-refractivity contribution in [3.05, 3.63) is 57.4 Å². The highest BCUT2D eigenvalue weighted by Gasteiger charge is 2.09. The lowest BCUT2D eigenvalue weighted by atomic mass is 10.3. The van der Waals surface area contributed by atoms with Crippen LogP contribution in [0.25, 0.3) is 0 Å². The molecule has 0 saturated heterocycles. The molecule has 0 aliphatic heterocycles. The Labute approximate surface area is 137 Å². The number of nitrogens with zero attached hydrogens (tertiary/aromatic N) is 1. The van der Waals surface area contributed by atoms with Crippen LogP contribution in [-0.4, -0.2) is 17.1 Å². The maximum atomic E-state index is 12.1. The third-order valence-electron chi connectivity index (χ3n) is 2.88. The molecule has 0 unspecified atom stereocenters. The maximum absolute atomic E-state index is 12.1. The summed E-state index contributed by atoms with van der Waals surface area (Å²) in [5.41, 5.74) is 0.373. The number of ether oxygens (including phenoxy) is 1. The fourth-order valence-corrected chi connectivity index (χ4v) is 2.26. The number of pyridine rings is 1. The Morgan fingerprint density at radius 2 is 2.05 bits per heavy atom. The molecule has 2 rings (SSSR count). The summed E-state index contributed by atoms with van der Waals surface area (Å²) >= 11 is 3.28. The average Bonchev–Trinajstić information content (AvgIpc) is 2.50. The number of hydrogen-bond acceptors (Lipinski definition) is 3. The summed E-state index contributed by atoms with van der Waals surface area (Å²) in [4.78, 5) is 23.8. The van der Waals surface area contributed by atoms with Crippen molar-refractivity contribution in [2.45, 2.75) is 19.9 Å². The number of halogens is 1. The van der Waals surface area contributed by atoms with Crippen LogP contribution in [-0.2, 0) is 11.3 Å². The summed E-state index contributed by atoms with van der Waals surface area (Å²) in [5.74, 6) is 0.340. The first kappa shape index (κ1) is 16.3. The number of amides is 1. The van der Waals surface area contributed by atoms with Crippen LogP contribution in [0.4, 0.5) is 5.69 Å². The highest BCUT2D eigenvalue weighted by atomic mass is 79.9. The predicted octanol–water partition coefficient (Wildman–Crippen LogP) is 3.04. The number of nitrogens with one attached hydrogen (secondary N) is 1. The molecule has 0 aliphatic carbocycles. The first-order valence-electron chi connectivity index (χ1n) is 6.98. The van der Waals surface area contributed by atoms with Crippen molar-refractivity contribution in [2.75, 3.05) is 11.9 Å². The molecule has 5 nitrogen and oxygen atoms in total. The minimum Gasteiger partial charge on any atom is -0.491 e. The number of anilines is 1. The van der Waals surface area contributed by atoms with Crippen LogP contribution >= 0.6 is 15.9 Å². The topological polar surface area (TPSA) is 60.3 Å². The van der Waals surface area contributed by atoms with Crippen LogP contribution in [0.5, 0.6) is 5.75 Å². The predicted molar refractivity (Wildman–Crippen MR) is 89.3 cm³/mol. The van der Waals surface area contributed by atoms with Crippen LogP contribution in [0.2, 0.25) is 0 Å². The first-order chi connectivity index (χ1) is 10.6. The van der Waals surface area contributed by atoms with Gasteiger partial charge in [0, 0.05) is 16.7 Å². The number of carbonyl (C=O) groups excluding carboxylic acids is 1. The standard InChI is InChI=1S/C16H17BrN2O3/c1-2-9-22-14-6-4-3-5-13(14)18-15(20)11-19-10-12(17)7-8-16(19)21/h3-8,10H,2,9,11H2,1H3,(H,18,20). The number of aromatic nitrogens is 1. The number of para-hydroxylation sites is 2. The molecule has 1 N–H and O–H groups in total. The van der Waals surface area contributed by atoms with E-state index in [9.17, 15) is 9.59 Å². The zero-order chi connectivity index (χ0) is 15.9. The van der Waals surface area contributed by atoms with E-state index in [0.717, 1.165) is 10.9 Å². The molecule has 0 aliphatic rings. The Bertz CT molecular complexity index is 713. The molecule has 0 bridgehead atoms. The molecule has 1 amide bonds. The summed E-state index contributed by atoms with van der Waals surface area (Å²) in [6.07, 6.45) is 2.47. The van der Waals surface area contributed by atoms with E-state index in [1.807, 2.05) is 19.1 Å². The van der Waals surface area contributed by atoms with Gasteiger partial charge < -0.3 is 14.6 Å². The lowest BCUT2D eigenvalue weighted by Crippen LogP contribution is -2.26. The van der Waals surface area contributed by atoms with Crippen molar-refractivity contribution in [3.63, 3.8) is 0 Å². The monoisotopic (exact) mass is 364 g/mol. The molecule has 0 spiro atoms. The summed E-state index contributed by atoms with van der Waals surface area (Å²) in [6.45, 7) is 2.54. The SMILES string of the molecule is CCCOc1ccccc1NC(=O)Cn1cc(Br)ccc1=O. The Morgan fingerprint density at radius 1 is 1.27 bits per heavy atom. The normalized spacial score (nSPS) is 10.3. The van der Waals surface area contributed by atoms with Crippen LogP contribution in [0.15, 0.2) is 51.9 Å². The fraction of sp³-hybridized carbons (Fsp3) is 0.250. The summed E-state index contributed by atoms with van der Waals surface area (Å²) in [5, 5.41) is 2.78. The molecule has 0 saturated carbocycles. The van der Waals surface area contributed by atoms with Crippen LogP contribution in [0.3, 0.4) is 0 Å². The second kappa shape index (κ2) is 7.79. The minimum absolute atomic E-state index is 0.0552. The highest BCUT2D eigenvalue weighted by molar-refractivity contribution is 9.10. The largest absolute Gasteiger partial charge is 0.491 e. The van der Waals surface area contributed by atoms with Crippen molar-refractivity contribution in [1.82, 2.24) is 4.57 Å². The van der Waals surface area contributed by atoms with E-state index in [4.69, 9.17) is 4.74 Å². The minimum atomic E-state index is -0.284. The second-order valence-corrected chi connectivity index (χ2v) is 5.62. The molecule has 1 aromatic carbocycles. The van der Waals surface area contributed by atoms with Crippen LogP contribution < -0.4 is 15.6 Å². The smallest absolute Gasteiger partial charge is 0.251 e. The van der Waals surface area contributed by atoms with Gasteiger partial charge in [0.15, 0.2) is 0 Å². The third kappa shape index (κ3) is 4.46. The molecule has 1 heterocycles. The lowest BCUT2D eigenvalue weighted by molar-refractivity contribution is -0.116. The molecule has 116 valence electrons. The zero-order valence-corrected chi connectivity index (χ0v) is 13.8. The molecule has 22 heavy (non-hydrogen) atoms. The first-order valence-corrected chi connectivity index (χ1v) is 7.77. The molecule has 0 fully saturated rings. The lowest BCUT2D eigenvalue weighted by Gasteiger charge is -2.12. The van der Waals surface area contributed by atoms with Gasteiger partial charge in [0.05, 0.1) is 12.3 Å². The summed E-state index contributed by atoms with van der Waals surface area (Å²) in [6, 6.07) is 10.3. The Balaban J connectivity index is 2.09. The van der Waals surface area contributed by atoms with Gasteiger partial charge in [0.2, 0.25) is 5.91 Å². The van der Waals surface area contributed by atoms with Crippen molar-refractivity contribution < 1.29 is 9.53 Å². The van der Waals surface area contributed by atoms with Gasteiger partial charge in [-0.05, 0) is 40.5 Å². The van der Waals surface area contributed by atoms with Gasteiger partial charge in [-0.15, -0.1) is 0 Å². The maximum Gasteiger partial charge on any atom is 0.251 e. The van der Waals surface area contributed by atoms with E-state index in [2.05, 4.69) is 21.2 Å². The quantitative estimate of drug-likeness (QED) is 0.856. The number of hydrogen-bond donors (Lipinski definition) is 1.